The van der Waals surface area contributed by atoms with Gasteiger partial charge in [-0.05, 0) is 37.2 Å². The zero-order chi connectivity index (χ0) is 13.7. The molecule has 19 heavy (non-hydrogen) atoms. The fourth-order valence-corrected chi connectivity index (χ4v) is 2.85. The number of rotatable bonds is 5. The first-order chi connectivity index (χ1) is 9.19. The molecule has 0 spiro atoms. The molecule has 1 saturated carbocycles. The number of hydrogen-bond donors (Lipinski definition) is 1. The van der Waals surface area contributed by atoms with Crippen LogP contribution in [-0.4, -0.2) is 11.1 Å². The fraction of sp³-hybridized carbons (Fsp3) is 0.688. The molecule has 0 unspecified atom stereocenters. The van der Waals surface area contributed by atoms with E-state index in [0.717, 1.165) is 37.0 Å². The standard InChI is InChI=1S/C16H26N2O/c1-3-10-18-12-15(8-9-16(18)19)17-11-14-6-4-13(2)5-7-14/h8-9,12-14,17H,3-7,10-11H2,1-2H3. The molecule has 0 amide bonds. The molecule has 1 aliphatic carbocycles. The predicted molar refractivity (Wildman–Crippen MR) is 80.6 cm³/mol. The molecule has 1 N–H and O–H groups in total. The van der Waals surface area contributed by atoms with Crippen molar-refractivity contribution < 1.29 is 0 Å². The molecule has 1 heterocycles. The van der Waals surface area contributed by atoms with Crippen LogP contribution < -0.4 is 10.9 Å². The lowest BCUT2D eigenvalue weighted by atomic mass is 9.83. The SMILES string of the molecule is CCCn1cc(NCC2CCC(C)CC2)ccc1=O. The maximum Gasteiger partial charge on any atom is 0.250 e. The third kappa shape index (κ3) is 4.12. The Labute approximate surface area is 116 Å². The van der Waals surface area contributed by atoms with E-state index in [0.29, 0.717) is 0 Å². The molecule has 1 aromatic rings. The highest BCUT2D eigenvalue weighted by molar-refractivity contribution is 5.40. The number of aryl methyl sites for hydroxylation is 1. The van der Waals surface area contributed by atoms with Crippen molar-refractivity contribution in [3.63, 3.8) is 0 Å². The van der Waals surface area contributed by atoms with Crippen LogP contribution in [0, 0.1) is 11.8 Å². The van der Waals surface area contributed by atoms with Crippen molar-refractivity contribution in [2.45, 2.75) is 52.5 Å². The van der Waals surface area contributed by atoms with Gasteiger partial charge in [0.1, 0.15) is 0 Å². The normalized spacial score (nSPS) is 23.3. The summed E-state index contributed by atoms with van der Waals surface area (Å²) in [5.41, 5.74) is 1.17. The topological polar surface area (TPSA) is 34.0 Å². The van der Waals surface area contributed by atoms with Crippen LogP contribution in [0.4, 0.5) is 5.69 Å². The molecule has 3 heteroatoms. The molecule has 1 fully saturated rings. The molecule has 106 valence electrons. The lowest BCUT2D eigenvalue weighted by Gasteiger charge is -2.26. The first kappa shape index (κ1) is 14.2. The number of nitrogens with one attached hydrogen (secondary N) is 1. The quantitative estimate of drug-likeness (QED) is 0.881. The van der Waals surface area contributed by atoms with E-state index < -0.39 is 0 Å². The highest BCUT2D eigenvalue weighted by Gasteiger charge is 2.17. The van der Waals surface area contributed by atoms with Crippen molar-refractivity contribution in [1.29, 1.82) is 0 Å². The summed E-state index contributed by atoms with van der Waals surface area (Å²) in [7, 11) is 0. The molecule has 0 bridgehead atoms. The third-order valence-corrected chi connectivity index (χ3v) is 4.18. The Hall–Kier alpha value is -1.25. The summed E-state index contributed by atoms with van der Waals surface area (Å²) in [6.07, 6.45) is 8.34. The maximum atomic E-state index is 11.6. The Morgan fingerprint density at radius 3 is 2.68 bits per heavy atom. The van der Waals surface area contributed by atoms with Crippen LogP contribution in [0.3, 0.4) is 0 Å². The zero-order valence-corrected chi connectivity index (χ0v) is 12.2. The van der Waals surface area contributed by atoms with Crippen LogP contribution in [0.25, 0.3) is 0 Å². The molecule has 2 rings (SSSR count). The summed E-state index contributed by atoms with van der Waals surface area (Å²) in [6, 6.07) is 3.57. The van der Waals surface area contributed by atoms with Crippen molar-refractivity contribution in [2.75, 3.05) is 11.9 Å². The van der Waals surface area contributed by atoms with Crippen molar-refractivity contribution in [1.82, 2.24) is 4.57 Å². The van der Waals surface area contributed by atoms with Gasteiger partial charge in [-0.25, -0.2) is 0 Å². The zero-order valence-electron chi connectivity index (χ0n) is 12.2. The van der Waals surface area contributed by atoms with Crippen LogP contribution in [0.2, 0.25) is 0 Å². The summed E-state index contributed by atoms with van der Waals surface area (Å²) >= 11 is 0. The molecule has 1 aliphatic rings. The average molecular weight is 262 g/mol. The number of aromatic nitrogens is 1. The van der Waals surface area contributed by atoms with E-state index in [9.17, 15) is 4.79 Å². The molecule has 3 nitrogen and oxygen atoms in total. The van der Waals surface area contributed by atoms with Gasteiger partial charge in [-0.3, -0.25) is 4.79 Å². The van der Waals surface area contributed by atoms with Crippen LogP contribution in [0.1, 0.15) is 46.0 Å². The van der Waals surface area contributed by atoms with Gasteiger partial charge in [0.2, 0.25) is 0 Å². The van der Waals surface area contributed by atoms with E-state index in [-0.39, 0.29) is 5.56 Å². The van der Waals surface area contributed by atoms with Gasteiger partial charge in [0.05, 0.1) is 5.69 Å². The smallest absolute Gasteiger partial charge is 0.250 e. The van der Waals surface area contributed by atoms with E-state index in [1.165, 1.54) is 25.7 Å². The van der Waals surface area contributed by atoms with Crippen LogP contribution in [-0.2, 0) is 6.54 Å². The highest BCUT2D eigenvalue weighted by atomic mass is 16.1. The average Bonchev–Trinajstić information content (AvgIpc) is 2.42. The van der Waals surface area contributed by atoms with Gasteiger partial charge >= 0.3 is 0 Å². The Morgan fingerprint density at radius 1 is 1.26 bits per heavy atom. The predicted octanol–water partition coefficient (Wildman–Crippen LogP) is 3.50. The molecule has 0 aromatic carbocycles. The largest absolute Gasteiger partial charge is 0.384 e. The Bertz CT molecular complexity index is 444. The van der Waals surface area contributed by atoms with E-state index in [2.05, 4.69) is 19.2 Å². The Morgan fingerprint density at radius 2 is 2.00 bits per heavy atom. The second-order valence-electron chi connectivity index (χ2n) is 5.96. The van der Waals surface area contributed by atoms with Gasteiger partial charge in [0, 0.05) is 25.4 Å². The van der Waals surface area contributed by atoms with Crippen molar-refractivity contribution in [2.24, 2.45) is 11.8 Å². The number of pyridine rings is 1. The molecule has 0 radical (unpaired) electrons. The third-order valence-electron chi connectivity index (χ3n) is 4.18. The minimum atomic E-state index is 0.0962. The van der Waals surface area contributed by atoms with Crippen LogP contribution >= 0.6 is 0 Å². The van der Waals surface area contributed by atoms with Gasteiger partial charge in [0.15, 0.2) is 0 Å². The van der Waals surface area contributed by atoms with E-state index >= 15 is 0 Å². The first-order valence-corrected chi connectivity index (χ1v) is 7.63. The highest BCUT2D eigenvalue weighted by Crippen LogP contribution is 2.28. The molecule has 1 aromatic heterocycles. The van der Waals surface area contributed by atoms with Crippen molar-refractivity contribution >= 4 is 5.69 Å². The number of nitrogens with zero attached hydrogens (tertiary/aromatic N) is 1. The number of hydrogen-bond acceptors (Lipinski definition) is 2. The van der Waals surface area contributed by atoms with Gasteiger partial charge in [-0.15, -0.1) is 0 Å². The van der Waals surface area contributed by atoms with Crippen molar-refractivity contribution in [3.8, 4) is 0 Å². The van der Waals surface area contributed by atoms with Gasteiger partial charge in [-0.2, -0.15) is 0 Å². The van der Waals surface area contributed by atoms with Gasteiger partial charge in [0.25, 0.3) is 5.56 Å². The minimum Gasteiger partial charge on any atom is -0.384 e. The van der Waals surface area contributed by atoms with Crippen LogP contribution in [0.5, 0.6) is 0 Å². The molecular weight excluding hydrogens is 236 g/mol. The second-order valence-corrected chi connectivity index (χ2v) is 5.96. The monoisotopic (exact) mass is 262 g/mol. The summed E-state index contributed by atoms with van der Waals surface area (Å²) in [5.74, 6) is 1.70. The summed E-state index contributed by atoms with van der Waals surface area (Å²) in [4.78, 5) is 11.6. The molecular formula is C16H26N2O. The second kappa shape index (κ2) is 6.78. The molecule has 0 aliphatic heterocycles. The maximum absolute atomic E-state index is 11.6. The Balaban J connectivity index is 1.89. The lowest BCUT2D eigenvalue weighted by molar-refractivity contribution is 0.300. The van der Waals surface area contributed by atoms with Gasteiger partial charge < -0.3 is 9.88 Å². The summed E-state index contributed by atoms with van der Waals surface area (Å²) in [6.45, 7) is 6.28. The van der Waals surface area contributed by atoms with Crippen LogP contribution in [0.15, 0.2) is 23.1 Å². The van der Waals surface area contributed by atoms with Gasteiger partial charge in [-0.1, -0.05) is 26.7 Å². The Kier molecular flexibility index (Phi) is 5.06. The molecule has 0 saturated heterocycles. The molecule has 0 atom stereocenters. The van der Waals surface area contributed by atoms with E-state index in [1.54, 1.807) is 10.6 Å². The van der Waals surface area contributed by atoms with E-state index in [1.807, 2.05) is 12.3 Å². The minimum absolute atomic E-state index is 0.0962. The summed E-state index contributed by atoms with van der Waals surface area (Å²) < 4.78 is 1.80. The fourth-order valence-electron chi connectivity index (χ4n) is 2.85. The first-order valence-electron chi connectivity index (χ1n) is 7.63. The van der Waals surface area contributed by atoms with E-state index in [4.69, 9.17) is 0 Å². The van der Waals surface area contributed by atoms with Crippen molar-refractivity contribution in [3.05, 3.63) is 28.7 Å². The number of anilines is 1. The summed E-state index contributed by atoms with van der Waals surface area (Å²) in [5, 5.41) is 3.50. The lowest BCUT2D eigenvalue weighted by Crippen LogP contribution is -2.22.